The molecule has 3 atom stereocenters. The first kappa shape index (κ1) is 35.2. The Morgan fingerprint density at radius 3 is 2.00 bits per heavy atom. The quantitative estimate of drug-likeness (QED) is 0.133. The van der Waals surface area contributed by atoms with Crippen molar-refractivity contribution < 1.29 is 67.9 Å². The first-order valence-electron chi connectivity index (χ1n) is 11.0. The monoisotopic (exact) mass is 524 g/mol. The van der Waals surface area contributed by atoms with Crippen molar-refractivity contribution in [3.63, 3.8) is 0 Å². The largest absolute Gasteiger partial charge is 1.00 e. The van der Waals surface area contributed by atoms with E-state index in [0.717, 1.165) is 74.9 Å². The normalized spacial score (nSPS) is 14.9. The molecule has 0 spiro atoms. The van der Waals surface area contributed by atoms with Gasteiger partial charge in [-0.15, -0.1) is 0 Å². The summed E-state index contributed by atoms with van der Waals surface area (Å²) in [7, 11) is -4.70. The second-order valence-electron chi connectivity index (χ2n) is 7.29. The Morgan fingerprint density at radius 2 is 1.47 bits per heavy atom. The summed E-state index contributed by atoms with van der Waals surface area (Å²) in [6.07, 6.45) is 7.37. The van der Waals surface area contributed by atoms with Gasteiger partial charge in [0.05, 0.1) is 19.8 Å². The number of hydrogen-bond donors (Lipinski definition) is 2. The predicted molar refractivity (Wildman–Crippen MR) is 124 cm³/mol. The van der Waals surface area contributed by atoms with Crippen LogP contribution in [0.3, 0.4) is 0 Å². The second-order valence-corrected chi connectivity index (χ2v) is 11.1. The Morgan fingerprint density at radius 1 is 0.938 bits per heavy atom. The van der Waals surface area contributed by atoms with Crippen molar-refractivity contribution in [1.29, 1.82) is 0 Å². The van der Waals surface area contributed by atoms with Gasteiger partial charge in [-0.1, -0.05) is 75.9 Å². The van der Waals surface area contributed by atoms with Crippen LogP contribution in [0.4, 0.5) is 0 Å². The van der Waals surface area contributed by atoms with Crippen LogP contribution in [0.25, 0.3) is 0 Å². The van der Waals surface area contributed by atoms with Gasteiger partial charge in [0.1, 0.15) is 6.10 Å². The van der Waals surface area contributed by atoms with Gasteiger partial charge in [0.2, 0.25) is 0 Å². The van der Waals surface area contributed by atoms with Crippen molar-refractivity contribution in [3.05, 3.63) is 0 Å². The van der Waals surface area contributed by atoms with E-state index in [1.54, 1.807) is 0 Å². The summed E-state index contributed by atoms with van der Waals surface area (Å²) < 4.78 is 21.2. The Labute approximate surface area is 223 Å². The van der Waals surface area contributed by atoms with Gasteiger partial charge < -0.3 is 24.2 Å². The summed E-state index contributed by atoms with van der Waals surface area (Å²) in [6.45, 7) is 2.62. The van der Waals surface area contributed by atoms with Crippen LogP contribution < -0.4 is 34.5 Å². The minimum atomic E-state index is -4.70. The maximum Gasteiger partial charge on any atom is 1.00 e. The summed E-state index contributed by atoms with van der Waals surface area (Å²) in [5.41, 5.74) is 0. The molecular formula is C20H38NaO8PS2. The molecule has 2 unspecified atom stereocenters. The summed E-state index contributed by atoms with van der Waals surface area (Å²) in [6, 6.07) is 0. The Bertz CT molecular complexity index is 542. The van der Waals surface area contributed by atoms with Gasteiger partial charge in [0, 0.05) is 23.8 Å². The third kappa shape index (κ3) is 21.6. The topological polar surface area (TPSA) is 133 Å². The molecule has 0 amide bonds. The zero-order valence-electron chi connectivity index (χ0n) is 19.7. The number of rotatable bonds is 20. The molecule has 0 saturated carbocycles. The van der Waals surface area contributed by atoms with E-state index in [2.05, 4.69) is 18.4 Å². The van der Waals surface area contributed by atoms with Gasteiger partial charge in [-0.05, 0) is 12.8 Å². The minimum absolute atomic E-state index is 0. The van der Waals surface area contributed by atoms with Crippen LogP contribution in [0.1, 0.15) is 78.1 Å². The van der Waals surface area contributed by atoms with Gasteiger partial charge in [-0.25, -0.2) is 0 Å². The molecule has 0 radical (unpaired) electrons. The van der Waals surface area contributed by atoms with E-state index in [-0.39, 0.29) is 52.1 Å². The molecule has 0 rings (SSSR count). The van der Waals surface area contributed by atoms with E-state index in [1.807, 2.05) is 0 Å². The zero-order valence-corrected chi connectivity index (χ0v) is 24.2. The van der Waals surface area contributed by atoms with Crippen LogP contribution in [0.5, 0.6) is 0 Å². The van der Waals surface area contributed by atoms with Crippen LogP contribution >= 0.6 is 31.3 Å². The Balaban J connectivity index is 0. The molecule has 32 heavy (non-hydrogen) atoms. The maximum absolute atomic E-state index is 12.3. The second kappa shape index (κ2) is 22.5. The molecule has 0 aromatic carbocycles. The van der Waals surface area contributed by atoms with Crippen molar-refractivity contribution in [3.8, 4) is 0 Å². The smallest absolute Gasteiger partial charge is 0.756 e. The molecule has 0 aliphatic carbocycles. The van der Waals surface area contributed by atoms with Crippen LogP contribution in [0.15, 0.2) is 0 Å². The number of aliphatic hydroxyl groups is 2. The van der Waals surface area contributed by atoms with E-state index in [9.17, 15) is 24.2 Å². The molecular weight excluding hydrogens is 486 g/mol. The number of phosphoric acid groups is 1. The zero-order chi connectivity index (χ0) is 23.5. The van der Waals surface area contributed by atoms with Gasteiger partial charge in [0.25, 0.3) is 7.82 Å². The first-order valence-corrected chi connectivity index (χ1v) is 14.3. The number of carbonyl (C=O) groups excluding carboxylic acids is 2. The van der Waals surface area contributed by atoms with E-state index in [0.29, 0.717) is 12.8 Å². The molecule has 0 aromatic heterocycles. The number of unbranched alkanes of at least 4 members (excludes halogenated alkanes) is 6. The molecule has 8 nitrogen and oxygen atoms in total. The standard InChI is InChI=1S/C20H39O8PS2.Na/c1-3-5-7-9-11-19(23)30-16-18(31-20(24)12-10-8-6-4-2)15-28-29(25,26)27-14-17(22)13-21;/h17-18,21-22H,3-16H2,1-2H3,(H,25,26);/q;+1/p-1/t17?,18-;/m0./s1. The third-order valence-corrected chi connectivity index (χ3v) is 7.59. The number of hydrogen-bond acceptors (Lipinski definition) is 10. The van der Waals surface area contributed by atoms with Crippen molar-refractivity contribution >= 4 is 41.6 Å². The SMILES string of the molecule is CCCCCCC(=O)SC[C@H](COP(=O)([O-])OCC(O)CO)SC(=O)CCCCCC.[Na+]. The van der Waals surface area contributed by atoms with Crippen LogP contribution in [-0.2, 0) is 23.2 Å². The molecule has 0 aliphatic rings. The fourth-order valence-corrected chi connectivity index (χ4v) is 5.35. The average molecular weight is 525 g/mol. The van der Waals surface area contributed by atoms with E-state index in [1.165, 1.54) is 0 Å². The molecule has 12 heteroatoms. The number of phosphoric ester groups is 1. The average Bonchev–Trinajstić information content (AvgIpc) is 2.74. The summed E-state index contributed by atoms with van der Waals surface area (Å²) in [5.74, 6) is 0.261. The molecule has 0 saturated heterocycles. The maximum atomic E-state index is 12.3. The predicted octanol–water partition coefficient (Wildman–Crippen LogP) is 0.674. The van der Waals surface area contributed by atoms with Crippen molar-refractivity contribution in [2.24, 2.45) is 0 Å². The van der Waals surface area contributed by atoms with E-state index >= 15 is 0 Å². The minimum Gasteiger partial charge on any atom is -0.756 e. The van der Waals surface area contributed by atoms with Crippen molar-refractivity contribution in [2.75, 3.05) is 25.6 Å². The summed E-state index contributed by atoms with van der Waals surface area (Å²) >= 11 is 2.10. The number of carbonyl (C=O) groups is 2. The molecule has 0 heterocycles. The van der Waals surface area contributed by atoms with Gasteiger partial charge in [-0.2, -0.15) is 0 Å². The molecule has 0 aliphatic heterocycles. The molecule has 184 valence electrons. The van der Waals surface area contributed by atoms with E-state index < -0.39 is 32.4 Å². The van der Waals surface area contributed by atoms with Gasteiger partial charge in [-0.3, -0.25) is 14.2 Å². The van der Waals surface area contributed by atoms with Gasteiger partial charge >= 0.3 is 29.6 Å². The fraction of sp³-hybridized carbons (Fsp3) is 0.900. The molecule has 0 aromatic rings. The number of thioether (sulfide) groups is 2. The first-order chi connectivity index (χ1) is 14.7. The summed E-state index contributed by atoms with van der Waals surface area (Å²) in [4.78, 5) is 36.2. The molecule has 0 fully saturated rings. The fourth-order valence-electron chi connectivity index (χ4n) is 2.45. The van der Waals surface area contributed by atoms with Gasteiger partial charge in [0.15, 0.2) is 10.2 Å². The Kier molecular flexibility index (Phi) is 24.8. The van der Waals surface area contributed by atoms with Crippen LogP contribution in [0, 0.1) is 0 Å². The number of aliphatic hydroxyl groups excluding tert-OH is 2. The Hall–Kier alpha value is 1.07. The third-order valence-electron chi connectivity index (χ3n) is 4.25. The van der Waals surface area contributed by atoms with E-state index in [4.69, 9.17) is 9.63 Å². The molecule has 0 bridgehead atoms. The summed E-state index contributed by atoms with van der Waals surface area (Å²) in [5, 5.41) is 17.4. The molecule has 2 N–H and O–H groups in total. The van der Waals surface area contributed by atoms with Crippen molar-refractivity contribution in [1.82, 2.24) is 0 Å². The van der Waals surface area contributed by atoms with Crippen molar-refractivity contribution in [2.45, 2.75) is 89.4 Å². The van der Waals surface area contributed by atoms with Crippen LogP contribution in [-0.4, -0.2) is 57.4 Å². The van der Waals surface area contributed by atoms with Crippen LogP contribution in [0.2, 0.25) is 0 Å².